The van der Waals surface area contributed by atoms with Crippen molar-refractivity contribution in [3.05, 3.63) is 28.7 Å². The van der Waals surface area contributed by atoms with Gasteiger partial charge in [-0.15, -0.1) is 0 Å². The van der Waals surface area contributed by atoms with Crippen LogP contribution in [0.3, 0.4) is 0 Å². The van der Waals surface area contributed by atoms with E-state index in [1.165, 1.54) is 6.26 Å². The second-order valence-corrected chi connectivity index (χ2v) is 3.67. The standard InChI is InChI=1S/C9H7BrN2O3/c1-12-7(10)6(9(13)14)11-8(12)5-3-2-4-15-5/h2-4H,1H3,(H,13,14). The van der Waals surface area contributed by atoms with Crippen molar-refractivity contribution in [1.29, 1.82) is 0 Å². The first kappa shape index (κ1) is 9.97. The summed E-state index contributed by atoms with van der Waals surface area (Å²) in [6.07, 6.45) is 1.51. The normalized spacial score (nSPS) is 10.5. The Balaban J connectivity index is 2.60. The number of hydrogen-bond acceptors (Lipinski definition) is 3. The molecule has 0 saturated carbocycles. The largest absolute Gasteiger partial charge is 0.476 e. The van der Waals surface area contributed by atoms with Gasteiger partial charge in [-0.1, -0.05) is 0 Å². The van der Waals surface area contributed by atoms with Crippen molar-refractivity contribution in [3.8, 4) is 11.6 Å². The van der Waals surface area contributed by atoms with Crippen molar-refractivity contribution in [1.82, 2.24) is 9.55 Å². The number of halogens is 1. The molecule has 0 aromatic carbocycles. The highest BCUT2D eigenvalue weighted by Crippen LogP contribution is 2.25. The zero-order valence-electron chi connectivity index (χ0n) is 7.77. The van der Waals surface area contributed by atoms with Crippen molar-refractivity contribution >= 4 is 21.9 Å². The molecule has 0 saturated heterocycles. The van der Waals surface area contributed by atoms with Crippen LogP contribution in [0.5, 0.6) is 0 Å². The van der Waals surface area contributed by atoms with E-state index < -0.39 is 5.97 Å². The van der Waals surface area contributed by atoms with Crippen molar-refractivity contribution in [3.63, 3.8) is 0 Å². The van der Waals surface area contributed by atoms with Crippen LogP contribution in [-0.4, -0.2) is 20.6 Å². The monoisotopic (exact) mass is 270 g/mol. The van der Waals surface area contributed by atoms with E-state index in [0.29, 0.717) is 16.2 Å². The molecule has 2 aromatic rings. The maximum Gasteiger partial charge on any atom is 0.357 e. The fourth-order valence-electron chi connectivity index (χ4n) is 1.24. The zero-order chi connectivity index (χ0) is 11.0. The topological polar surface area (TPSA) is 68.3 Å². The molecule has 78 valence electrons. The molecule has 6 heteroatoms. The minimum atomic E-state index is -1.07. The lowest BCUT2D eigenvalue weighted by molar-refractivity contribution is 0.0690. The van der Waals surface area contributed by atoms with E-state index in [9.17, 15) is 4.79 Å². The quantitative estimate of drug-likeness (QED) is 0.908. The van der Waals surface area contributed by atoms with Gasteiger partial charge in [-0.2, -0.15) is 0 Å². The Hall–Kier alpha value is -1.56. The van der Waals surface area contributed by atoms with Crippen LogP contribution in [0.4, 0.5) is 0 Å². The summed E-state index contributed by atoms with van der Waals surface area (Å²) in [6.45, 7) is 0. The Morgan fingerprint density at radius 1 is 1.67 bits per heavy atom. The molecule has 0 fully saturated rings. The highest BCUT2D eigenvalue weighted by atomic mass is 79.9. The number of imidazole rings is 1. The lowest BCUT2D eigenvalue weighted by Crippen LogP contribution is -1.97. The number of carbonyl (C=O) groups is 1. The van der Waals surface area contributed by atoms with Gasteiger partial charge in [0.2, 0.25) is 0 Å². The second kappa shape index (κ2) is 3.54. The van der Waals surface area contributed by atoms with Crippen molar-refractivity contribution < 1.29 is 14.3 Å². The molecule has 0 spiro atoms. The summed E-state index contributed by atoms with van der Waals surface area (Å²) in [5.74, 6) is -0.0646. The maximum atomic E-state index is 10.8. The zero-order valence-corrected chi connectivity index (χ0v) is 9.35. The van der Waals surface area contributed by atoms with Gasteiger partial charge in [-0.05, 0) is 28.1 Å². The summed E-state index contributed by atoms with van der Waals surface area (Å²) in [4.78, 5) is 14.8. The summed E-state index contributed by atoms with van der Waals surface area (Å²) in [7, 11) is 1.71. The van der Waals surface area contributed by atoms with Gasteiger partial charge < -0.3 is 14.1 Å². The third kappa shape index (κ3) is 1.56. The van der Waals surface area contributed by atoms with E-state index in [1.54, 1.807) is 23.7 Å². The van der Waals surface area contributed by atoms with Gasteiger partial charge in [-0.25, -0.2) is 9.78 Å². The van der Waals surface area contributed by atoms with Crippen LogP contribution in [0.2, 0.25) is 0 Å². The van der Waals surface area contributed by atoms with E-state index in [0.717, 1.165) is 0 Å². The average Bonchev–Trinajstić information content (AvgIpc) is 2.77. The van der Waals surface area contributed by atoms with Gasteiger partial charge in [-0.3, -0.25) is 0 Å². The fraction of sp³-hybridized carbons (Fsp3) is 0.111. The SMILES string of the molecule is Cn1c(-c2ccco2)nc(C(=O)O)c1Br. The summed E-state index contributed by atoms with van der Waals surface area (Å²) in [5, 5.41) is 8.86. The molecule has 2 aromatic heterocycles. The fourth-order valence-corrected chi connectivity index (χ4v) is 1.67. The predicted octanol–water partition coefficient (Wildman–Crippen LogP) is 2.14. The molecular formula is C9H7BrN2O3. The van der Waals surface area contributed by atoms with E-state index in [4.69, 9.17) is 9.52 Å². The summed E-state index contributed by atoms with van der Waals surface area (Å²) >= 11 is 3.17. The van der Waals surface area contributed by atoms with Gasteiger partial charge in [0.05, 0.1) is 6.26 Å². The first-order valence-electron chi connectivity index (χ1n) is 4.10. The maximum absolute atomic E-state index is 10.8. The van der Waals surface area contributed by atoms with Crippen LogP contribution in [0.15, 0.2) is 27.4 Å². The van der Waals surface area contributed by atoms with E-state index in [2.05, 4.69) is 20.9 Å². The van der Waals surface area contributed by atoms with Gasteiger partial charge in [0, 0.05) is 7.05 Å². The highest BCUT2D eigenvalue weighted by Gasteiger charge is 2.20. The van der Waals surface area contributed by atoms with Crippen LogP contribution < -0.4 is 0 Å². The summed E-state index contributed by atoms with van der Waals surface area (Å²) in [6, 6.07) is 3.44. The predicted molar refractivity (Wildman–Crippen MR) is 55.6 cm³/mol. The molecule has 0 unspecified atom stereocenters. The molecule has 0 bridgehead atoms. The number of rotatable bonds is 2. The van der Waals surface area contributed by atoms with Crippen LogP contribution in [0.25, 0.3) is 11.6 Å². The van der Waals surface area contributed by atoms with Gasteiger partial charge in [0.25, 0.3) is 0 Å². The third-order valence-electron chi connectivity index (χ3n) is 1.97. The molecule has 0 radical (unpaired) electrons. The molecule has 15 heavy (non-hydrogen) atoms. The Morgan fingerprint density at radius 2 is 2.40 bits per heavy atom. The van der Waals surface area contributed by atoms with Crippen molar-refractivity contribution in [2.75, 3.05) is 0 Å². The molecule has 0 amide bonds. The van der Waals surface area contributed by atoms with Crippen LogP contribution in [0, 0.1) is 0 Å². The van der Waals surface area contributed by atoms with Crippen LogP contribution in [0.1, 0.15) is 10.5 Å². The van der Waals surface area contributed by atoms with Gasteiger partial charge >= 0.3 is 5.97 Å². The first-order valence-corrected chi connectivity index (χ1v) is 4.90. The molecule has 2 heterocycles. The second-order valence-electron chi connectivity index (χ2n) is 2.92. The number of furan rings is 1. The molecule has 0 aliphatic carbocycles. The molecular weight excluding hydrogens is 264 g/mol. The number of aromatic carboxylic acids is 1. The minimum Gasteiger partial charge on any atom is -0.476 e. The number of hydrogen-bond donors (Lipinski definition) is 1. The average molecular weight is 271 g/mol. The van der Waals surface area contributed by atoms with Gasteiger partial charge in [0.1, 0.15) is 4.60 Å². The minimum absolute atomic E-state index is 0.0242. The van der Waals surface area contributed by atoms with Crippen molar-refractivity contribution in [2.24, 2.45) is 7.05 Å². The Kier molecular flexibility index (Phi) is 2.36. The Bertz CT molecular complexity index is 502. The molecule has 2 rings (SSSR count). The molecule has 0 atom stereocenters. The smallest absolute Gasteiger partial charge is 0.357 e. The van der Waals surface area contributed by atoms with E-state index in [-0.39, 0.29) is 5.69 Å². The number of nitrogens with zero attached hydrogens (tertiary/aromatic N) is 2. The highest BCUT2D eigenvalue weighted by molar-refractivity contribution is 9.10. The first-order chi connectivity index (χ1) is 7.11. The van der Waals surface area contributed by atoms with Crippen LogP contribution >= 0.6 is 15.9 Å². The third-order valence-corrected chi connectivity index (χ3v) is 2.88. The van der Waals surface area contributed by atoms with Crippen molar-refractivity contribution in [2.45, 2.75) is 0 Å². The molecule has 0 aliphatic heterocycles. The van der Waals surface area contributed by atoms with E-state index in [1.807, 2.05) is 0 Å². The Labute approximate surface area is 93.5 Å². The van der Waals surface area contributed by atoms with Crippen LogP contribution in [-0.2, 0) is 7.05 Å². The molecule has 5 nitrogen and oxygen atoms in total. The number of carboxylic acid groups (broad SMARTS) is 1. The number of aromatic nitrogens is 2. The summed E-state index contributed by atoms with van der Waals surface area (Å²) < 4.78 is 7.18. The Morgan fingerprint density at radius 3 is 2.87 bits per heavy atom. The van der Waals surface area contributed by atoms with Gasteiger partial charge in [0.15, 0.2) is 17.3 Å². The lowest BCUT2D eigenvalue weighted by atomic mass is 10.4. The number of carboxylic acids is 1. The summed E-state index contributed by atoms with van der Waals surface area (Å²) in [5.41, 5.74) is -0.0242. The van der Waals surface area contributed by atoms with E-state index >= 15 is 0 Å². The lowest BCUT2D eigenvalue weighted by Gasteiger charge is -1.97. The molecule has 1 N–H and O–H groups in total. The molecule has 0 aliphatic rings.